The molecule has 12 heteroatoms. The smallest absolute Gasteiger partial charge is 0.316 e. The van der Waals surface area contributed by atoms with Gasteiger partial charge in [0, 0.05) is 35.6 Å². The van der Waals surface area contributed by atoms with E-state index >= 15 is 0 Å². The van der Waals surface area contributed by atoms with Crippen LogP contribution in [0.5, 0.6) is 17.2 Å². The van der Waals surface area contributed by atoms with Crippen LogP contribution >= 0.6 is 0 Å². The fourth-order valence-electron chi connectivity index (χ4n) is 6.59. The zero-order chi connectivity index (χ0) is 30.8. The van der Waals surface area contributed by atoms with E-state index in [1.807, 2.05) is 4.90 Å². The summed E-state index contributed by atoms with van der Waals surface area (Å²) in [6.07, 6.45) is -3.73. The number of nitrogens with zero attached hydrogens (tertiary/aromatic N) is 1. The summed E-state index contributed by atoms with van der Waals surface area (Å²) in [5.74, 6) is -6.22. The maximum Gasteiger partial charge on any atom is 0.316 e. The third kappa shape index (κ3) is 4.36. The lowest BCUT2D eigenvalue weighted by molar-refractivity contribution is -0.258. The summed E-state index contributed by atoms with van der Waals surface area (Å²) in [6, 6.07) is 3.53. The largest absolute Gasteiger partial charge is 0.507 e. The van der Waals surface area contributed by atoms with Gasteiger partial charge in [0.1, 0.15) is 23.2 Å². The summed E-state index contributed by atoms with van der Waals surface area (Å²) in [7, 11) is 4.69. The Morgan fingerprint density at radius 2 is 1.71 bits per heavy atom. The number of hydrogen-bond acceptors (Lipinski definition) is 12. The maximum absolute atomic E-state index is 13.7. The first-order valence-corrected chi connectivity index (χ1v) is 13.8. The number of hydrogen-bond donors (Lipinski definition) is 5. The molecule has 7 atom stereocenters. The predicted octanol–water partition coefficient (Wildman–Crippen LogP) is 1.86. The summed E-state index contributed by atoms with van der Waals surface area (Å²) in [4.78, 5) is 42.3. The number of phenolic OH excluding ortho intramolecular Hbond substituents is 3. The Labute approximate surface area is 242 Å². The summed E-state index contributed by atoms with van der Waals surface area (Å²) in [5, 5.41) is 56.2. The molecule has 1 heterocycles. The van der Waals surface area contributed by atoms with Gasteiger partial charge in [-0.1, -0.05) is 19.1 Å². The molecule has 0 aromatic heterocycles. The maximum atomic E-state index is 13.7. The van der Waals surface area contributed by atoms with Crippen LogP contribution in [0.4, 0.5) is 0 Å². The number of carbonyl (C=O) groups excluding carboxylic acids is 3. The molecule has 0 bridgehead atoms. The second kappa shape index (κ2) is 10.6. The van der Waals surface area contributed by atoms with Gasteiger partial charge in [-0.05, 0) is 33.5 Å². The fraction of sp³-hybridized carbons (Fsp3) is 0.500. The Hall–Kier alpha value is -3.55. The summed E-state index contributed by atoms with van der Waals surface area (Å²) in [5.41, 5.74) is -3.96. The molecule has 5 N–H and O–H groups in total. The lowest BCUT2D eigenvalue weighted by atomic mass is 9.66. The van der Waals surface area contributed by atoms with Gasteiger partial charge in [0.2, 0.25) is 5.78 Å². The first-order chi connectivity index (χ1) is 19.8. The molecular formula is C30H35NO11. The molecule has 5 rings (SSSR count). The van der Waals surface area contributed by atoms with Gasteiger partial charge in [0.15, 0.2) is 12.1 Å². The molecule has 0 saturated carbocycles. The van der Waals surface area contributed by atoms with Crippen LogP contribution in [-0.4, -0.2) is 99.3 Å². The zero-order valence-electron chi connectivity index (χ0n) is 24.0. The summed E-state index contributed by atoms with van der Waals surface area (Å²) >= 11 is 0. The number of ketones is 2. The van der Waals surface area contributed by atoms with E-state index in [0.717, 1.165) is 7.11 Å². The Kier molecular flexibility index (Phi) is 7.57. The Balaban J connectivity index is 1.73. The number of likely N-dealkylation sites (N-methyl/N-ethyl adjacent to an activating group) is 1. The van der Waals surface area contributed by atoms with Crippen molar-refractivity contribution in [2.45, 2.75) is 75.3 Å². The molecule has 1 fully saturated rings. The average molecular weight is 586 g/mol. The van der Waals surface area contributed by atoms with Crippen molar-refractivity contribution in [3.63, 3.8) is 0 Å². The van der Waals surface area contributed by atoms with Crippen LogP contribution in [0, 0.1) is 0 Å². The van der Waals surface area contributed by atoms with Gasteiger partial charge < -0.3 is 44.6 Å². The number of aliphatic hydroxyl groups is 2. The van der Waals surface area contributed by atoms with Crippen molar-refractivity contribution >= 4 is 17.5 Å². The molecule has 1 aliphatic heterocycles. The van der Waals surface area contributed by atoms with Crippen molar-refractivity contribution in [2.24, 2.45) is 0 Å². The fourth-order valence-corrected chi connectivity index (χ4v) is 6.59. The van der Waals surface area contributed by atoms with E-state index in [1.54, 1.807) is 27.9 Å². The average Bonchev–Trinajstić information content (AvgIpc) is 2.94. The minimum atomic E-state index is -1.86. The molecule has 226 valence electrons. The number of benzene rings is 2. The van der Waals surface area contributed by atoms with E-state index in [-0.39, 0.29) is 47.6 Å². The molecule has 2 aromatic rings. The highest BCUT2D eigenvalue weighted by molar-refractivity contribution is 6.31. The second-order valence-corrected chi connectivity index (χ2v) is 11.4. The number of ether oxygens (including phenoxy) is 3. The highest BCUT2D eigenvalue weighted by Crippen LogP contribution is 2.57. The third-order valence-corrected chi connectivity index (χ3v) is 8.88. The molecule has 3 unspecified atom stereocenters. The van der Waals surface area contributed by atoms with E-state index in [4.69, 9.17) is 14.2 Å². The number of rotatable bonds is 5. The van der Waals surface area contributed by atoms with E-state index in [1.165, 1.54) is 18.2 Å². The SMILES string of the molecule is CCC1(O)CC(O[C@H]2C[C@H](N(C)C)[C@H](O)[C@H](C)O2)c2c(O)c3c(c(O)c2C1C(=O)OC)C(=O)c1cccc(O)c1C3=O. The van der Waals surface area contributed by atoms with Crippen LogP contribution in [0.1, 0.15) is 88.1 Å². The quantitative estimate of drug-likeness (QED) is 0.217. The van der Waals surface area contributed by atoms with Gasteiger partial charge in [-0.3, -0.25) is 14.4 Å². The van der Waals surface area contributed by atoms with Gasteiger partial charge in [-0.25, -0.2) is 0 Å². The lowest BCUT2D eigenvalue weighted by Crippen LogP contribution is -2.54. The molecule has 12 nitrogen and oxygen atoms in total. The minimum Gasteiger partial charge on any atom is -0.507 e. The van der Waals surface area contributed by atoms with Crippen LogP contribution in [0.3, 0.4) is 0 Å². The lowest BCUT2D eigenvalue weighted by Gasteiger charge is -2.46. The normalized spacial score (nSPS) is 30.5. The molecule has 3 aliphatic rings. The van der Waals surface area contributed by atoms with Gasteiger partial charge in [0.05, 0.1) is 47.7 Å². The van der Waals surface area contributed by atoms with Crippen molar-refractivity contribution in [3.8, 4) is 17.2 Å². The highest BCUT2D eigenvalue weighted by atomic mass is 16.7. The van der Waals surface area contributed by atoms with Gasteiger partial charge in [0.25, 0.3) is 0 Å². The zero-order valence-corrected chi connectivity index (χ0v) is 24.0. The topological polar surface area (TPSA) is 183 Å². The number of phenols is 3. The summed E-state index contributed by atoms with van der Waals surface area (Å²) < 4.78 is 17.2. The number of fused-ring (bicyclic) bond motifs is 3. The number of methoxy groups -OCH3 is 1. The third-order valence-electron chi connectivity index (χ3n) is 8.88. The van der Waals surface area contributed by atoms with E-state index in [2.05, 4.69) is 0 Å². The van der Waals surface area contributed by atoms with Crippen LogP contribution < -0.4 is 0 Å². The predicted molar refractivity (Wildman–Crippen MR) is 146 cm³/mol. The van der Waals surface area contributed by atoms with Crippen LogP contribution in [0.25, 0.3) is 0 Å². The molecule has 2 aliphatic carbocycles. The highest BCUT2D eigenvalue weighted by Gasteiger charge is 2.55. The van der Waals surface area contributed by atoms with E-state index in [9.17, 15) is 39.9 Å². The van der Waals surface area contributed by atoms with Crippen molar-refractivity contribution in [1.82, 2.24) is 4.90 Å². The van der Waals surface area contributed by atoms with E-state index in [0.29, 0.717) is 0 Å². The molecular weight excluding hydrogens is 550 g/mol. The first kappa shape index (κ1) is 29.9. The van der Waals surface area contributed by atoms with Crippen LogP contribution in [-0.2, 0) is 19.0 Å². The number of carbonyl (C=O) groups is 3. The van der Waals surface area contributed by atoms with Gasteiger partial charge >= 0.3 is 5.97 Å². The van der Waals surface area contributed by atoms with Gasteiger partial charge in [-0.15, -0.1) is 0 Å². The van der Waals surface area contributed by atoms with Crippen molar-refractivity contribution in [3.05, 3.63) is 51.6 Å². The number of esters is 1. The molecule has 0 radical (unpaired) electrons. The second-order valence-electron chi connectivity index (χ2n) is 11.4. The molecule has 42 heavy (non-hydrogen) atoms. The minimum absolute atomic E-state index is 0.00605. The van der Waals surface area contributed by atoms with Gasteiger partial charge in [-0.2, -0.15) is 0 Å². The van der Waals surface area contributed by atoms with E-state index < -0.39 is 82.0 Å². The van der Waals surface area contributed by atoms with Crippen molar-refractivity contribution in [2.75, 3.05) is 21.2 Å². The van der Waals surface area contributed by atoms with Crippen molar-refractivity contribution < 1.29 is 54.1 Å². The first-order valence-electron chi connectivity index (χ1n) is 13.8. The molecule has 2 aromatic carbocycles. The van der Waals surface area contributed by atoms with Crippen LogP contribution in [0.15, 0.2) is 18.2 Å². The standard InChI is InChI=1S/C30H35NO11/c1-6-30(39)11-16(42-17-10-14(31(3)4)24(33)12(2)41-17)19-20(23(30)29(38)40-5)28(37)21-22(27(19)36)26(35)18-13(25(21)34)8-7-9-15(18)32/h7-9,12,14,16-17,23-24,32-33,36-37,39H,6,10-11H2,1-5H3/t12-,14-,16?,17-,23?,24+,30?/m0/s1. The Morgan fingerprint density at radius 1 is 1.07 bits per heavy atom. The molecule has 0 amide bonds. The molecule has 1 saturated heterocycles. The number of aromatic hydroxyl groups is 3. The number of aliphatic hydroxyl groups excluding tert-OH is 1. The monoisotopic (exact) mass is 585 g/mol. The molecule has 0 spiro atoms. The Morgan fingerprint density at radius 3 is 2.33 bits per heavy atom. The van der Waals surface area contributed by atoms with Crippen molar-refractivity contribution in [1.29, 1.82) is 0 Å². The van der Waals surface area contributed by atoms with Crippen LogP contribution in [0.2, 0.25) is 0 Å². The Bertz CT molecular complexity index is 1470. The summed E-state index contributed by atoms with van der Waals surface area (Å²) in [6.45, 7) is 3.30.